The van der Waals surface area contributed by atoms with E-state index >= 15 is 0 Å². The lowest BCUT2D eigenvalue weighted by Crippen LogP contribution is -2.50. The Morgan fingerprint density at radius 2 is 2.07 bits per heavy atom. The van der Waals surface area contributed by atoms with E-state index in [4.69, 9.17) is 4.42 Å². The lowest BCUT2D eigenvalue weighted by molar-refractivity contribution is -0.246. The Morgan fingerprint density at radius 1 is 1.27 bits per heavy atom. The molecule has 0 fully saturated rings. The minimum Gasteiger partial charge on any atom is -0.423 e. The molecule has 0 spiro atoms. The standard InChI is InChI=1S/C19H17F3N4O3S/c1-2-18(28,19(20,21)22)16-10-26(25-24-16)9-11-3-4-12-13(15-5-6-23-30-15)8-17(27)29-14(12)7-11/h3-8,10,24-25,28H,2,9H2,1H3. The first-order valence-corrected chi connectivity index (χ1v) is 9.76. The molecule has 3 heterocycles. The van der Waals surface area contributed by atoms with Crippen LogP contribution in [0.3, 0.4) is 0 Å². The van der Waals surface area contributed by atoms with Gasteiger partial charge in [-0.1, -0.05) is 19.1 Å². The summed E-state index contributed by atoms with van der Waals surface area (Å²) in [7, 11) is 0. The highest BCUT2D eigenvalue weighted by Crippen LogP contribution is 2.38. The number of aliphatic hydroxyl groups is 1. The fourth-order valence-electron chi connectivity index (χ4n) is 3.25. The van der Waals surface area contributed by atoms with E-state index < -0.39 is 29.5 Å². The predicted molar refractivity (Wildman–Crippen MR) is 105 cm³/mol. The van der Waals surface area contributed by atoms with Crippen LogP contribution in [0.15, 0.2) is 57.6 Å². The molecule has 0 saturated carbocycles. The summed E-state index contributed by atoms with van der Waals surface area (Å²) in [5, 5.41) is 12.2. The summed E-state index contributed by atoms with van der Waals surface area (Å²) in [6.07, 6.45) is -2.54. The lowest BCUT2D eigenvalue weighted by atomic mass is 9.96. The molecule has 2 aromatic heterocycles. The first kappa shape index (κ1) is 20.4. The van der Waals surface area contributed by atoms with Crippen LogP contribution >= 0.6 is 11.5 Å². The van der Waals surface area contributed by atoms with Crippen molar-refractivity contribution in [2.24, 2.45) is 0 Å². The number of fused-ring (bicyclic) bond motifs is 1. The van der Waals surface area contributed by atoms with Crippen LogP contribution in [-0.4, -0.2) is 26.3 Å². The Morgan fingerprint density at radius 3 is 2.73 bits per heavy atom. The first-order valence-electron chi connectivity index (χ1n) is 8.99. The minimum absolute atomic E-state index is 0.165. The van der Waals surface area contributed by atoms with Crippen LogP contribution in [0.4, 0.5) is 13.2 Å². The third-order valence-corrected chi connectivity index (χ3v) is 5.69. The van der Waals surface area contributed by atoms with Gasteiger partial charge in [-0.3, -0.25) is 5.01 Å². The van der Waals surface area contributed by atoms with Gasteiger partial charge in [0.25, 0.3) is 0 Å². The molecule has 158 valence electrons. The van der Waals surface area contributed by atoms with Crippen molar-refractivity contribution < 1.29 is 22.7 Å². The van der Waals surface area contributed by atoms with Crippen LogP contribution in [0.1, 0.15) is 18.9 Å². The molecule has 1 atom stereocenters. The summed E-state index contributed by atoms with van der Waals surface area (Å²) in [6.45, 7) is 1.42. The van der Waals surface area contributed by atoms with Gasteiger partial charge in [0.1, 0.15) is 5.58 Å². The van der Waals surface area contributed by atoms with Crippen molar-refractivity contribution in [2.75, 3.05) is 0 Å². The molecule has 11 heteroatoms. The number of benzene rings is 1. The number of hydrogen-bond donors (Lipinski definition) is 3. The fraction of sp³-hybridized carbons (Fsp3) is 0.263. The summed E-state index contributed by atoms with van der Waals surface area (Å²) >= 11 is 1.26. The van der Waals surface area contributed by atoms with E-state index in [0.29, 0.717) is 16.7 Å². The summed E-state index contributed by atoms with van der Waals surface area (Å²) in [6, 6.07) is 8.43. The molecule has 0 aliphatic carbocycles. The fourth-order valence-corrected chi connectivity index (χ4v) is 3.88. The second kappa shape index (κ2) is 7.42. The van der Waals surface area contributed by atoms with Gasteiger partial charge in [-0.25, -0.2) is 9.17 Å². The van der Waals surface area contributed by atoms with Gasteiger partial charge in [0.05, 0.1) is 17.1 Å². The van der Waals surface area contributed by atoms with E-state index in [9.17, 15) is 23.1 Å². The minimum atomic E-state index is -4.82. The van der Waals surface area contributed by atoms with Gasteiger partial charge >= 0.3 is 11.8 Å². The molecule has 3 aromatic rings. The van der Waals surface area contributed by atoms with Crippen molar-refractivity contribution in [3.05, 3.63) is 64.4 Å². The molecule has 1 unspecified atom stereocenters. The monoisotopic (exact) mass is 438 g/mol. The van der Waals surface area contributed by atoms with E-state index in [2.05, 4.69) is 15.3 Å². The third kappa shape index (κ3) is 3.55. The molecule has 0 saturated heterocycles. The lowest BCUT2D eigenvalue weighted by Gasteiger charge is -2.29. The summed E-state index contributed by atoms with van der Waals surface area (Å²) in [5.74, 6) is 0. The van der Waals surface area contributed by atoms with E-state index in [0.717, 1.165) is 10.3 Å². The topological polar surface area (TPSA) is 90.6 Å². The van der Waals surface area contributed by atoms with E-state index in [-0.39, 0.29) is 6.54 Å². The zero-order chi connectivity index (χ0) is 21.5. The van der Waals surface area contributed by atoms with Crippen molar-refractivity contribution in [3.8, 4) is 10.4 Å². The molecular weight excluding hydrogens is 421 g/mol. The Bertz CT molecular complexity index is 1160. The van der Waals surface area contributed by atoms with Gasteiger partial charge in [0.2, 0.25) is 5.60 Å². The van der Waals surface area contributed by atoms with Crippen molar-refractivity contribution >= 4 is 22.5 Å². The molecule has 0 amide bonds. The van der Waals surface area contributed by atoms with Gasteiger partial charge in [0, 0.05) is 29.4 Å². The van der Waals surface area contributed by atoms with Crippen LogP contribution in [-0.2, 0) is 6.54 Å². The summed E-state index contributed by atoms with van der Waals surface area (Å²) < 4.78 is 49.1. The Hall–Kier alpha value is -2.89. The van der Waals surface area contributed by atoms with Gasteiger partial charge in [-0.2, -0.15) is 13.2 Å². The van der Waals surface area contributed by atoms with Crippen LogP contribution in [0.5, 0.6) is 0 Å². The van der Waals surface area contributed by atoms with Crippen molar-refractivity contribution in [1.82, 2.24) is 20.3 Å². The molecular formula is C19H17F3N4O3S. The second-order valence-corrected chi connectivity index (χ2v) is 7.64. The number of halogens is 3. The summed E-state index contributed by atoms with van der Waals surface area (Å²) in [4.78, 5) is 12.8. The van der Waals surface area contributed by atoms with Crippen molar-refractivity contribution in [1.29, 1.82) is 0 Å². The zero-order valence-corrected chi connectivity index (χ0v) is 16.5. The zero-order valence-electron chi connectivity index (χ0n) is 15.7. The number of aromatic nitrogens is 1. The SMILES string of the molecule is CCC(O)(C1=CN(Cc2ccc3c(-c4ccns4)cc(=O)oc3c2)NN1)C(F)(F)F. The quantitative estimate of drug-likeness (QED) is 0.527. The van der Waals surface area contributed by atoms with Crippen LogP contribution in [0, 0.1) is 0 Å². The molecule has 7 nitrogen and oxygen atoms in total. The molecule has 0 radical (unpaired) electrons. The van der Waals surface area contributed by atoms with Gasteiger partial charge < -0.3 is 14.9 Å². The molecule has 1 aliphatic rings. The number of hydrogen-bond acceptors (Lipinski definition) is 8. The Balaban J connectivity index is 1.63. The number of alkyl halides is 3. The smallest absolute Gasteiger partial charge is 0.422 e. The van der Waals surface area contributed by atoms with Gasteiger partial charge in [-0.15, -0.1) is 5.53 Å². The second-order valence-electron chi connectivity index (χ2n) is 6.81. The summed E-state index contributed by atoms with van der Waals surface area (Å²) in [5.41, 5.74) is 2.85. The van der Waals surface area contributed by atoms with E-state index in [1.165, 1.54) is 35.7 Å². The van der Waals surface area contributed by atoms with Crippen LogP contribution in [0.2, 0.25) is 0 Å². The van der Waals surface area contributed by atoms with Crippen LogP contribution in [0.25, 0.3) is 21.4 Å². The average Bonchev–Trinajstić information content (AvgIpc) is 3.38. The normalized spacial score (nSPS) is 16.4. The van der Waals surface area contributed by atoms with Crippen LogP contribution < -0.4 is 16.6 Å². The number of nitrogens with zero attached hydrogens (tertiary/aromatic N) is 2. The maximum Gasteiger partial charge on any atom is 0.422 e. The first-order chi connectivity index (χ1) is 14.2. The number of hydrazine groups is 2. The van der Waals surface area contributed by atoms with E-state index in [1.54, 1.807) is 30.5 Å². The largest absolute Gasteiger partial charge is 0.423 e. The van der Waals surface area contributed by atoms with Crippen molar-refractivity contribution in [3.63, 3.8) is 0 Å². The van der Waals surface area contributed by atoms with Crippen molar-refractivity contribution in [2.45, 2.75) is 31.7 Å². The average molecular weight is 438 g/mol. The highest BCUT2D eigenvalue weighted by Gasteiger charge is 2.56. The third-order valence-electron chi connectivity index (χ3n) is 4.91. The molecule has 4 rings (SSSR count). The van der Waals surface area contributed by atoms with Gasteiger partial charge in [-0.05, 0) is 35.6 Å². The maximum absolute atomic E-state index is 13.3. The highest BCUT2D eigenvalue weighted by molar-refractivity contribution is 7.09. The number of rotatable bonds is 5. The number of nitrogens with one attached hydrogen (secondary N) is 2. The Labute approximate surface area is 172 Å². The molecule has 3 N–H and O–H groups in total. The maximum atomic E-state index is 13.3. The highest BCUT2D eigenvalue weighted by atomic mass is 32.1. The molecule has 1 aliphatic heterocycles. The van der Waals surface area contributed by atoms with E-state index in [1.807, 2.05) is 0 Å². The Kier molecular flexibility index (Phi) is 5.04. The molecule has 0 bridgehead atoms. The van der Waals surface area contributed by atoms with Gasteiger partial charge in [0.15, 0.2) is 0 Å². The molecule has 30 heavy (non-hydrogen) atoms. The molecule has 1 aromatic carbocycles. The predicted octanol–water partition coefficient (Wildman–Crippen LogP) is 3.29.